The van der Waals surface area contributed by atoms with Gasteiger partial charge in [0.15, 0.2) is 0 Å². The molecule has 0 saturated carbocycles. The minimum atomic E-state index is 0.109. The van der Waals surface area contributed by atoms with Gasteiger partial charge in [-0.15, -0.1) is 0 Å². The average Bonchev–Trinajstić information content (AvgIpc) is 2.80. The molecule has 0 unspecified atom stereocenters. The maximum atomic E-state index is 9.88. The Morgan fingerprint density at radius 1 is 1.00 bits per heavy atom. The highest BCUT2D eigenvalue weighted by atomic mass is 16.3. The first-order chi connectivity index (χ1) is 14.8. The van der Waals surface area contributed by atoms with Gasteiger partial charge in [-0.05, 0) is 34.4 Å². The van der Waals surface area contributed by atoms with Crippen molar-refractivity contribution in [3.05, 3.63) is 95.4 Å². The predicted molar refractivity (Wildman–Crippen MR) is 118 cm³/mol. The molecule has 4 aromatic rings. The zero-order valence-electron chi connectivity index (χ0n) is 16.5. The summed E-state index contributed by atoms with van der Waals surface area (Å²) in [6, 6.07) is 22.4. The number of benzene rings is 2. The summed E-state index contributed by atoms with van der Waals surface area (Å²) < 4.78 is 0. The highest BCUT2D eigenvalue weighted by Crippen LogP contribution is 2.28. The Labute approximate surface area is 175 Å². The topological polar surface area (TPSA) is 81.8 Å². The molecule has 0 aliphatic rings. The normalized spacial score (nSPS) is 10.8. The van der Waals surface area contributed by atoms with Crippen LogP contribution in [0.1, 0.15) is 22.4 Å². The van der Waals surface area contributed by atoms with Gasteiger partial charge in [0.1, 0.15) is 6.07 Å². The standard InChI is InChI=1S/C25H22N4O/c26-15-23-20(7-4-8-22(23)19-5-2-1-3-6-19)14-24-25-21(9-10-28-24)13-18(17-29-25)16-27-11-12-30/h1-10,13,17,27,30H,11-12,14,16H2. The molecule has 2 N–H and O–H groups in total. The highest BCUT2D eigenvalue weighted by Gasteiger charge is 2.13. The summed E-state index contributed by atoms with van der Waals surface area (Å²) in [6.45, 7) is 1.31. The Bertz CT molecular complexity index is 1200. The van der Waals surface area contributed by atoms with Crippen LogP contribution in [0.25, 0.3) is 22.0 Å². The van der Waals surface area contributed by atoms with Crippen molar-refractivity contribution in [3.8, 4) is 17.2 Å². The summed E-state index contributed by atoms with van der Waals surface area (Å²) in [5, 5.41) is 23.0. The molecule has 2 aromatic heterocycles. The van der Waals surface area contributed by atoms with Crippen LogP contribution in [0.15, 0.2) is 73.1 Å². The molecule has 0 saturated heterocycles. The molecule has 30 heavy (non-hydrogen) atoms. The number of nitrogens with zero attached hydrogens (tertiary/aromatic N) is 3. The molecule has 5 heteroatoms. The first kappa shape index (κ1) is 19.7. The van der Waals surface area contributed by atoms with E-state index in [9.17, 15) is 5.26 Å². The van der Waals surface area contributed by atoms with Gasteiger partial charge >= 0.3 is 0 Å². The van der Waals surface area contributed by atoms with E-state index in [1.165, 1.54) is 0 Å². The van der Waals surface area contributed by atoms with Crippen molar-refractivity contribution in [1.29, 1.82) is 5.26 Å². The van der Waals surface area contributed by atoms with Gasteiger partial charge in [-0.25, -0.2) is 0 Å². The van der Waals surface area contributed by atoms with Gasteiger partial charge < -0.3 is 10.4 Å². The molecule has 2 heterocycles. The lowest BCUT2D eigenvalue weighted by Crippen LogP contribution is -2.17. The number of pyridine rings is 2. The first-order valence-corrected chi connectivity index (χ1v) is 9.91. The molecule has 2 aromatic carbocycles. The second-order valence-electron chi connectivity index (χ2n) is 7.07. The first-order valence-electron chi connectivity index (χ1n) is 9.91. The quantitative estimate of drug-likeness (QED) is 0.466. The van der Waals surface area contributed by atoms with Gasteiger partial charge in [0.2, 0.25) is 0 Å². The molecule has 0 atom stereocenters. The van der Waals surface area contributed by atoms with E-state index in [4.69, 9.17) is 5.11 Å². The minimum absolute atomic E-state index is 0.109. The number of aromatic nitrogens is 2. The molecule has 0 spiro atoms. The number of aliphatic hydroxyl groups is 1. The van der Waals surface area contributed by atoms with E-state index >= 15 is 0 Å². The maximum Gasteiger partial charge on any atom is 0.100 e. The van der Waals surface area contributed by atoms with Crippen LogP contribution in [-0.4, -0.2) is 28.2 Å². The van der Waals surface area contributed by atoms with Crippen LogP contribution >= 0.6 is 0 Å². The third-order valence-electron chi connectivity index (χ3n) is 5.05. The molecule has 4 rings (SSSR count). The van der Waals surface area contributed by atoms with E-state index in [0.29, 0.717) is 25.1 Å². The summed E-state index contributed by atoms with van der Waals surface area (Å²) in [6.07, 6.45) is 4.16. The molecule has 0 radical (unpaired) electrons. The number of hydrogen-bond donors (Lipinski definition) is 2. The monoisotopic (exact) mass is 394 g/mol. The second-order valence-corrected chi connectivity index (χ2v) is 7.07. The lowest BCUT2D eigenvalue weighted by Gasteiger charge is -2.11. The fourth-order valence-corrected chi connectivity index (χ4v) is 3.62. The highest BCUT2D eigenvalue weighted by molar-refractivity contribution is 5.81. The summed E-state index contributed by atoms with van der Waals surface area (Å²) in [5.41, 5.74) is 6.32. The Kier molecular flexibility index (Phi) is 6.09. The summed E-state index contributed by atoms with van der Waals surface area (Å²) >= 11 is 0. The van der Waals surface area contributed by atoms with E-state index < -0.39 is 0 Å². The van der Waals surface area contributed by atoms with Crippen LogP contribution < -0.4 is 5.32 Å². The van der Waals surface area contributed by atoms with Crippen molar-refractivity contribution in [2.45, 2.75) is 13.0 Å². The van der Waals surface area contributed by atoms with Crippen molar-refractivity contribution in [2.75, 3.05) is 13.2 Å². The Morgan fingerprint density at radius 3 is 2.67 bits per heavy atom. The van der Waals surface area contributed by atoms with Gasteiger partial charge in [0.25, 0.3) is 0 Å². The van der Waals surface area contributed by atoms with E-state index in [1.807, 2.05) is 60.8 Å². The summed E-state index contributed by atoms with van der Waals surface area (Å²) in [5.74, 6) is 0. The van der Waals surface area contributed by atoms with Crippen molar-refractivity contribution in [2.24, 2.45) is 0 Å². The molecular weight excluding hydrogens is 372 g/mol. The van der Waals surface area contributed by atoms with Crippen molar-refractivity contribution >= 4 is 10.9 Å². The van der Waals surface area contributed by atoms with Gasteiger partial charge in [0, 0.05) is 37.3 Å². The number of aliphatic hydroxyl groups excluding tert-OH is 1. The number of fused-ring (bicyclic) bond motifs is 1. The van der Waals surface area contributed by atoms with Crippen molar-refractivity contribution in [3.63, 3.8) is 0 Å². The van der Waals surface area contributed by atoms with Gasteiger partial charge in [-0.3, -0.25) is 9.97 Å². The fraction of sp³-hybridized carbons (Fsp3) is 0.160. The molecule has 0 bridgehead atoms. The van der Waals surface area contributed by atoms with Gasteiger partial charge in [-0.2, -0.15) is 5.26 Å². The molecule has 0 fully saturated rings. The SMILES string of the molecule is N#Cc1c(Cc2nccc3cc(CNCCO)cnc23)cccc1-c1ccccc1. The molecule has 0 amide bonds. The number of nitrogens with one attached hydrogen (secondary N) is 1. The summed E-state index contributed by atoms with van der Waals surface area (Å²) in [4.78, 5) is 9.21. The smallest absolute Gasteiger partial charge is 0.100 e. The van der Waals surface area contributed by atoms with Crippen LogP contribution in [0.2, 0.25) is 0 Å². The fourth-order valence-electron chi connectivity index (χ4n) is 3.62. The number of nitriles is 1. The van der Waals surface area contributed by atoms with Crippen LogP contribution in [-0.2, 0) is 13.0 Å². The maximum absolute atomic E-state index is 9.88. The van der Waals surface area contributed by atoms with E-state index in [0.717, 1.165) is 38.9 Å². The Hall–Kier alpha value is -3.59. The van der Waals surface area contributed by atoms with Crippen LogP contribution in [0.3, 0.4) is 0 Å². The van der Waals surface area contributed by atoms with E-state index in [-0.39, 0.29) is 6.61 Å². The molecular formula is C25H22N4O. The van der Waals surface area contributed by atoms with Crippen molar-refractivity contribution in [1.82, 2.24) is 15.3 Å². The van der Waals surface area contributed by atoms with Gasteiger partial charge in [-0.1, -0.05) is 48.5 Å². The Morgan fingerprint density at radius 2 is 1.87 bits per heavy atom. The lowest BCUT2D eigenvalue weighted by molar-refractivity contribution is 0.292. The number of rotatable bonds is 7. The van der Waals surface area contributed by atoms with Gasteiger partial charge in [0.05, 0.1) is 23.4 Å². The molecule has 148 valence electrons. The van der Waals surface area contributed by atoms with E-state index in [2.05, 4.69) is 27.4 Å². The number of hydrogen-bond acceptors (Lipinski definition) is 5. The predicted octanol–water partition coefficient (Wildman–Crippen LogP) is 3.84. The zero-order chi connectivity index (χ0) is 20.8. The average molecular weight is 394 g/mol. The largest absolute Gasteiger partial charge is 0.395 e. The Balaban J connectivity index is 1.68. The van der Waals surface area contributed by atoms with Crippen molar-refractivity contribution < 1.29 is 5.11 Å². The van der Waals surface area contributed by atoms with Crippen LogP contribution in [0.5, 0.6) is 0 Å². The molecule has 5 nitrogen and oxygen atoms in total. The lowest BCUT2D eigenvalue weighted by atomic mass is 9.93. The zero-order valence-corrected chi connectivity index (χ0v) is 16.5. The molecule has 0 aliphatic heterocycles. The second kappa shape index (κ2) is 9.27. The third-order valence-corrected chi connectivity index (χ3v) is 5.05. The molecule has 0 aliphatic carbocycles. The van der Waals surface area contributed by atoms with Crippen LogP contribution in [0.4, 0.5) is 0 Å². The third kappa shape index (κ3) is 4.20. The van der Waals surface area contributed by atoms with E-state index in [1.54, 1.807) is 6.20 Å². The van der Waals surface area contributed by atoms with Crippen LogP contribution in [0, 0.1) is 11.3 Å². The minimum Gasteiger partial charge on any atom is -0.395 e. The summed E-state index contributed by atoms with van der Waals surface area (Å²) in [7, 11) is 0.